The van der Waals surface area contributed by atoms with Crippen LogP contribution in [0.2, 0.25) is 5.02 Å². The molecule has 5 rings (SSSR count). The molecule has 0 N–H and O–H groups in total. The third kappa shape index (κ3) is 6.74. The number of hydrogen-bond donors (Lipinski definition) is 0. The molecule has 0 aliphatic carbocycles. The maximum atomic E-state index is 13.6. The molecule has 2 aliphatic heterocycles. The summed E-state index contributed by atoms with van der Waals surface area (Å²) in [6.07, 6.45) is 3.64. The highest BCUT2D eigenvalue weighted by atomic mass is 35.5. The average molecular weight is 534 g/mol. The highest BCUT2D eigenvalue weighted by molar-refractivity contribution is 6.30. The molecule has 0 saturated carbocycles. The number of carbonyl (C=O) groups excluding carboxylic acids is 1. The van der Waals surface area contributed by atoms with Gasteiger partial charge in [-0.2, -0.15) is 0 Å². The molecule has 0 unspecified atom stereocenters. The minimum atomic E-state index is -0.319. The van der Waals surface area contributed by atoms with E-state index in [9.17, 15) is 9.18 Å². The van der Waals surface area contributed by atoms with Crippen LogP contribution in [-0.4, -0.2) is 61.5 Å². The second-order valence-corrected chi connectivity index (χ2v) is 10.3. The Morgan fingerprint density at radius 1 is 0.895 bits per heavy atom. The summed E-state index contributed by atoms with van der Waals surface area (Å²) >= 11 is 6.15. The van der Waals surface area contributed by atoms with Crippen LogP contribution in [0.5, 0.6) is 5.75 Å². The fourth-order valence-corrected chi connectivity index (χ4v) is 5.47. The first-order valence-corrected chi connectivity index (χ1v) is 13.6. The van der Waals surface area contributed by atoms with Gasteiger partial charge >= 0.3 is 0 Å². The van der Waals surface area contributed by atoms with Crippen molar-refractivity contribution >= 4 is 28.8 Å². The summed E-state index contributed by atoms with van der Waals surface area (Å²) in [5.74, 6) is 0.666. The molecule has 0 atom stereocenters. The third-order valence-corrected chi connectivity index (χ3v) is 7.65. The van der Waals surface area contributed by atoms with Gasteiger partial charge in [-0.15, -0.1) is 0 Å². The molecule has 3 aromatic rings. The first-order chi connectivity index (χ1) is 18.5. The zero-order chi connectivity index (χ0) is 26.3. The van der Waals surface area contributed by atoms with Gasteiger partial charge in [-0.3, -0.25) is 9.69 Å². The van der Waals surface area contributed by atoms with Gasteiger partial charge in [0.1, 0.15) is 11.6 Å². The van der Waals surface area contributed by atoms with E-state index in [1.54, 1.807) is 18.4 Å². The number of anilines is 1. The molecule has 3 aromatic carbocycles. The van der Waals surface area contributed by atoms with Crippen LogP contribution in [0, 0.1) is 11.7 Å². The van der Waals surface area contributed by atoms with Crippen LogP contribution < -0.4 is 9.64 Å². The summed E-state index contributed by atoms with van der Waals surface area (Å²) in [4.78, 5) is 19.6. The Kier molecular flexibility index (Phi) is 8.61. The first-order valence-electron chi connectivity index (χ1n) is 13.2. The Hall–Kier alpha value is -3.35. The number of halogens is 2. The summed E-state index contributed by atoms with van der Waals surface area (Å²) < 4.78 is 19.5. The van der Waals surface area contributed by atoms with Crippen molar-refractivity contribution in [2.45, 2.75) is 12.8 Å². The summed E-state index contributed by atoms with van der Waals surface area (Å²) in [5.41, 5.74) is 3.32. The van der Waals surface area contributed by atoms with Crippen molar-refractivity contribution in [1.29, 1.82) is 0 Å². The Bertz CT molecular complexity index is 1250. The number of piperidine rings is 1. The van der Waals surface area contributed by atoms with Gasteiger partial charge in [-0.1, -0.05) is 54.1 Å². The Morgan fingerprint density at radius 2 is 1.63 bits per heavy atom. The number of carbonyl (C=O) groups is 1. The van der Waals surface area contributed by atoms with Crippen molar-refractivity contribution in [2.75, 3.05) is 50.7 Å². The van der Waals surface area contributed by atoms with Crippen molar-refractivity contribution < 1.29 is 13.9 Å². The molecule has 7 heteroatoms. The van der Waals surface area contributed by atoms with Crippen LogP contribution in [0.25, 0.3) is 5.57 Å². The van der Waals surface area contributed by atoms with Crippen molar-refractivity contribution in [3.05, 3.63) is 102 Å². The van der Waals surface area contributed by atoms with E-state index in [2.05, 4.69) is 28.0 Å². The van der Waals surface area contributed by atoms with Crippen molar-refractivity contribution in [1.82, 2.24) is 9.80 Å². The molecule has 1 amide bonds. The number of piperazine rings is 1. The monoisotopic (exact) mass is 533 g/mol. The van der Waals surface area contributed by atoms with Gasteiger partial charge in [0.15, 0.2) is 0 Å². The molecule has 198 valence electrons. The number of hydrogen-bond acceptors (Lipinski definition) is 4. The smallest absolute Gasteiger partial charge is 0.236 e. The maximum absolute atomic E-state index is 13.6. The van der Waals surface area contributed by atoms with E-state index in [1.165, 1.54) is 12.1 Å². The molecule has 2 saturated heterocycles. The lowest BCUT2D eigenvalue weighted by atomic mass is 9.86. The molecule has 2 fully saturated rings. The summed E-state index contributed by atoms with van der Waals surface area (Å²) in [5, 5.41) is 0.732. The van der Waals surface area contributed by atoms with Gasteiger partial charge in [0.05, 0.1) is 12.8 Å². The normalized spacial score (nSPS) is 17.5. The molecule has 0 radical (unpaired) electrons. The van der Waals surface area contributed by atoms with Crippen LogP contribution in [0.4, 0.5) is 10.1 Å². The van der Waals surface area contributed by atoms with E-state index in [4.69, 9.17) is 16.3 Å². The second kappa shape index (κ2) is 12.5. The quantitative estimate of drug-likeness (QED) is 0.351. The van der Waals surface area contributed by atoms with Gasteiger partial charge in [0.2, 0.25) is 5.91 Å². The largest absolute Gasteiger partial charge is 0.465 e. The summed E-state index contributed by atoms with van der Waals surface area (Å²) in [6.45, 7) is 5.22. The van der Waals surface area contributed by atoms with Crippen LogP contribution in [-0.2, 0) is 4.79 Å². The maximum Gasteiger partial charge on any atom is 0.236 e. The van der Waals surface area contributed by atoms with Gasteiger partial charge in [0, 0.05) is 43.0 Å². The first kappa shape index (κ1) is 26.3. The van der Waals surface area contributed by atoms with Crippen molar-refractivity contribution in [3.8, 4) is 5.75 Å². The lowest BCUT2D eigenvalue weighted by Gasteiger charge is -2.38. The number of rotatable bonds is 7. The van der Waals surface area contributed by atoms with E-state index in [0.717, 1.165) is 74.0 Å². The van der Waals surface area contributed by atoms with E-state index in [0.29, 0.717) is 18.2 Å². The zero-order valence-corrected chi connectivity index (χ0v) is 22.2. The predicted molar refractivity (Wildman–Crippen MR) is 151 cm³/mol. The van der Waals surface area contributed by atoms with Gasteiger partial charge in [0.25, 0.3) is 0 Å². The van der Waals surface area contributed by atoms with E-state index in [-0.39, 0.29) is 11.7 Å². The van der Waals surface area contributed by atoms with Gasteiger partial charge in [-0.25, -0.2) is 4.39 Å². The standard InChI is InChI=1S/C31H33ClFN3O2/c32-26-8-4-10-28(20-26)35-16-18-36(19-17-35)31(37)22-34-14-12-25(13-15-34)30(24-6-2-1-3-7-24)23-38-29-11-5-9-27(33)21-29/h1-11,20-21,23,25H,12-19,22H2. The van der Waals surface area contributed by atoms with Crippen LogP contribution in [0.15, 0.2) is 85.1 Å². The van der Waals surface area contributed by atoms with E-state index < -0.39 is 0 Å². The molecule has 0 spiro atoms. The lowest BCUT2D eigenvalue weighted by Crippen LogP contribution is -2.52. The summed E-state index contributed by atoms with van der Waals surface area (Å²) in [6, 6.07) is 24.3. The fraction of sp³-hybridized carbons (Fsp3) is 0.323. The molecular formula is C31H33ClFN3O2. The van der Waals surface area contributed by atoms with Gasteiger partial charge < -0.3 is 14.5 Å². The molecular weight excluding hydrogens is 501 g/mol. The van der Waals surface area contributed by atoms with Crippen LogP contribution in [0.3, 0.4) is 0 Å². The second-order valence-electron chi connectivity index (χ2n) is 9.91. The molecule has 0 bridgehead atoms. The number of amides is 1. The van der Waals surface area contributed by atoms with E-state index >= 15 is 0 Å². The molecule has 0 aromatic heterocycles. The van der Waals surface area contributed by atoms with Gasteiger partial charge in [-0.05, 0) is 73.3 Å². The molecule has 38 heavy (non-hydrogen) atoms. The number of ether oxygens (including phenoxy) is 1. The van der Waals surface area contributed by atoms with E-state index in [1.807, 2.05) is 41.3 Å². The zero-order valence-electron chi connectivity index (χ0n) is 21.4. The molecule has 5 nitrogen and oxygen atoms in total. The molecule has 2 heterocycles. The number of nitrogens with zero attached hydrogens (tertiary/aromatic N) is 3. The Labute approximate surface area is 229 Å². The SMILES string of the molecule is O=C(CN1CCC(C(=COc2cccc(F)c2)c2ccccc2)CC1)N1CCN(c2cccc(Cl)c2)CC1. The van der Waals surface area contributed by atoms with Crippen molar-refractivity contribution in [3.63, 3.8) is 0 Å². The minimum Gasteiger partial charge on any atom is -0.465 e. The predicted octanol–water partition coefficient (Wildman–Crippen LogP) is 5.96. The Morgan fingerprint density at radius 3 is 2.34 bits per heavy atom. The highest BCUT2D eigenvalue weighted by Gasteiger charge is 2.27. The number of benzene rings is 3. The average Bonchev–Trinajstić information content (AvgIpc) is 2.95. The fourth-order valence-electron chi connectivity index (χ4n) is 5.28. The Balaban J connectivity index is 1.15. The molecule has 2 aliphatic rings. The summed E-state index contributed by atoms with van der Waals surface area (Å²) in [7, 11) is 0. The van der Waals surface area contributed by atoms with Crippen LogP contribution >= 0.6 is 11.6 Å². The topological polar surface area (TPSA) is 36.0 Å². The van der Waals surface area contributed by atoms with Crippen LogP contribution in [0.1, 0.15) is 18.4 Å². The van der Waals surface area contributed by atoms with Crippen molar-refractivity contribution in [2.24, 2.45) is 5.92 Å². The third-order valence-electron chi connectivity index (χ3n) is 7.42. The highest BCUT2D eigenvalue weighted by Crippen LogP contribution is 2.32. The lowest BCUT2D eigenvalue weighted by molar-refractivity contribution is -0.133. The number of allylic oxidation sites excluding steroid dienone is 1. The minimum absolute atomic E-state index is 0.197. The number of likely N-dealkylation sites (tertiary alicyclic amines) is 1.